The first-order chi connectivity index (χ1) is 14.6. The van der Waals surface area contributed by atoms with Crippen molar-refractivity contribution in [1.29, 1.82) is 0 Å². The molecule has 2 aromatic rings. The second-order valence-corrected chi connectivity index (χ2v) is 9.37. The van der Waals surface area contributed by atoms with Crippen molar-refractivity contribution in [3.8, 4) is 5.75 Å². The van der Waals surface area contributed by atoms with Gasteiger partial charge in [-0.05, 0) is 49.2 Å². The van der Waals surface area contributed by atoms with E-state index in [1.54, 1.807) is 0 Å². The molecule has 1 amide bonds. The Hall–Kier alpha value is -2.30. The molecule has 6 nitrogen and oxygen atoms in total. The molecule has 0 radical (unpaired) electrons. The van der Waals surface area contributed by atoms with Crippen LogP contribution in [0.5, 0.6) is 5.75 Å². The molecule has 1 fully saturated rings. The molecule has 1 heterocycles. The Balaban J connectivity index is 1.82. The second-order valence-electron chi connectivity index (χ2n) is 6.99. The number of amides is 1. The largest absolute Gasteiger partial charge is 0.482 e. The fourth-order valence-electron chi connectivity index (χ4n) is 3.13. The molecule has 3 rings (SSSR count). The molecular formula is C20H20ClF3N2O4S. The summed E-state index contributed by atoms with van der Waals surface area (Å²) in [6.45, 7) is -0.705. The van der Waals surface area contributed by atoms with Crippen molar-refractivity contribution >= 4 is 33.2 Å². The maximum absolute atomic E-state index is 12.8. The smallest absolute Gasteiger partial charge is 0.422 e. The number of carbonyl (C=O) groups excluding carboxylic acids is 1. The van der Waals surface area contributed by atoms with Crippen LogP contribution < -0.4 is 10.1 Å². The van der Waals surface area contributed by atoms with E-state index in [1.165, 1.54) is 46.8 Å². The summed E-state index contributed by atoms with van der Waals surface area (Å²) in [7, 11) is -3.75. The fourth-order valence-corrected chi connectivity index (χ4v) is 4.87. The number of hydrogen-bond acceptors (Lipinski definition) is 4. The van der Waals surface area contributed by atoms with Crippen LogP contribution in [0, 0.1) is 0 Å². The predicted molar refractivity (Wildman–Crippen MR) is 110 cm³/mol. The number of piperidine rings is 1. The topological polar surface area (TPSA) is 75.7 Å². The van der Waals surface area contributed by atoms with Gasteiger partial charge in [0.05, 0.1) is 10.6 Å². The van der Waals surface area contributed by atoms with Gasteiger partial charge in [0, 0.05) is 23.7 Å². The number of nitrogens with one attached hydrogen (secondary N) is 1. The molecule has 2 aromatic carbocycles. The molecule has 0 atom stereocenters. The number of nitrogens with zero attached hydrogens (tertiary/aromatic N) is 1. The molecule has 1 aliphatic heterocycles. The van der Waals surface area contributed by atoms with Crippen LogP contribution in [0.25, 0.3) is 0 Å². The van der Waals surface area contributed by atoms with E-state index in [1.807, 2.05) is 0 Å². The zero-order valence-electron chi connectivity index (χ0n) is 16.3. The summed E-state index contributed by atoms with van der Waals surface area (Å²) in [4.78, 5) is 12.7. The average molecular weight is 477 g/mol. The number of anilines is 1. The van der Waals surface area contributed by atoms with Gasteiger partial charge in [0.25, 0.3) is 5.91 Å². The number of ether oxygens (including phenoxy) is 1. The van der Waals surface area contributed by atoms with Gasteiger partial charge in [-0.15, -0.1) is 0 Å². The molecule has 168 valence electrons. The zero-order valence-corrected chi connectivity index (χ0v) is 17.9. The van der Waals surface area contributed by atoms with Gasteiger partial charge in [-0.1, -0.05) is 24.1 Å². The summed E-state index contributed by atoms with van der Waals surface area (Å²) in [6, 6.07) is 9.27. The Kier molecular flexibility index (Phi) is 7.13. The summed E-state index contributed by atoms with van der Waals surface area (Å²) in [5.41, 5.74) is -0.0362. The number of rotatable bonds is 6. The number of sulfonamides is 1. The van der Waals surface area contributed by atoms with Gasteiger partial charge in [0.15, 0.2) is 6.61 Å². The quantitative estimate of drug-likeness (QED) is 0.655. The van der Waals surface area contributed by atoms with Crippen molar-refractivity contribution in [2.24, 2.45) is 0 Å². The van der Waals surface area contributed by atoms with Crippen LogP contribution >= 0.6 is 11.6 Å². The molecule has 1 saturated heterocycles. The van der Waals surface area contributed by atoms with E-state index in [2.05, 4.69) is 5.32 Å². The molecule has 1 N–H and O–H groups in total. The van der Waals surface area contributed by atoms with E-state index in [9.17, 15) is 26.4 Å². The predicted octanol–water partition coefficient (Wildman–Crippen LogP) is 4.71. The minimum Gasteiger partial charge on any atom is -0.482 e. The molecule has 31 heavy (non-hydrogen) atoms. The van der Waals surface area contributed by atoms with Gasteiger partial charge in [-0.2, -0.15) is 17.5 Å². The lowest BCUT2D eigenvalue weighted by atomic mass is 10.2. The number of alkyl halides is 3. The van der Waals surface area contributed by atoms with Crippen molar-refractivity contribution in [1.82, 2.24) is 4.31 Å². The van der Waals surface area contributed by atoms with Crippen molar-refractivity contribution in [3.63, 3.8) is 0 Å². The third kappa shape index (κ3) is 6.11. The van der Waals surface area contributed by atoms with E-state index in [-0.39, 0.29) is 26.9 Å². The average Bonchev–Trinajstić information content (AvgIpc) is 2.73. The number of halogens is 4. The molecular weight excluding hydrogens is 457 g/mol. The van der Waals surface area contributed by atoms with Gasteiger partial charge in [-0.25, -0.2) is 8.42 Å². The molecule has 0 spiro atoms. The number of benzene rings is 2. The molecule has 11 heteroatoms. The van der Waals surface area contributed by atoms with Gasteiger partial charge < -0.3 is 10.1 Å². The minimum absolute atomic E-state index is 0.0262. The first-order valence-electron chi connectivity index (χ1n) is 9.47. The molecule has 0 saturated carbocycles. The Bertz CT molecular complexity index is 1050. The third-order valence-corrected chi connectivity index (χ3v) is 6.76. The third-order valence-electron chi connectivity index (χ3n) is 4.63. The lowest BCUT2D eigenvalue weighted by Crippen LogP contribution is -2.35. The maximum atomic E-state index is 12.8. The summed E-state index contributed by atoms with van der Waals surface area (Å²) < 4.78 is 69.3. The van der Waals surface area contributed by atoms with E-state index >= 15 is 0 Å². The Labute approximate surface area is 183 Å². The van der Waals surface area contributed by atoms with Crippen LogP contribution in [0.1, 0.15) is 29.6 Å². The normalized spacial score (nSPS) is 15.5. The molecule has 0 aliphatic carbocycles. The maximum Gasteiger partial charge on any atom is 0.422 e. The zero-order chi connectivity index (χ0) is 22.6. The van der Waals surface area contributed by atoms with E-state index in [0.29, 0.717) is 13.1 Å². The molecule has 0 aromatic heterocycles. The Morgan fingerprint density at radius 1 is 1.10 bits per heavy atom. The van der Waals surface area contributed by atoms with Gasteiger partial charge in [-0.3, -0.25) is 4.79 Å². The highest BCUT2D eigenvalue weighted by Gasteiger charge is 2.29. The summed E-state index contributed by atoms with van der Waals surface area (Å²) in [5.74, 6) is -0.929. The first kappa shape index (κ1) is 23.4. The minimum atomic E-state index is -4.56. The monoisotopic (exact) mass is 476 g/mol. The Morgan fingerprint density at radius 2 is 1.81 bits per heavy atom. The number of carbonyl (C=O) groups is 1. The van der Waals surface area contributed by atoms with Gasteiger partial charge in [0.1, 0.15) is 5.75 Å². The summed E-state index contributed by atoms with van der Waals surface area (Å²) in [5, 5.41) is 2.61. The van der Waals surface area contributed by atoms with Crippen LogP contribution in [0.3, 0.4) is 0 Å². The molecule has 0 bridgehead atoms. The second kappa shape index (κ2) is 9.46. The van der Waals surface area contributed by atoms with Crippen molar-refractivity contribution in [3.05, 3.63) is 53.1 Å². The van der Waals surface area contributed by atoms with Crippen molar-refractivity contribution < 1.29 is 31.1 Å². The van der Waals surface area contributed by atoms with Crippen LogP contribution in [-0.4, -0.2) is 44.5 Å². The lowest BCUT2D eigenvalue weighted by molar-refractivity contribution is -0.153. The van der Waals surface area contributed by atoms with Crippen LogP contribution in [0.15, 0.2) is 47.4 Å². The summed E-state index contributed by atoms with van der Waals surface area (Å²) in [6.07, 6.45) is -2.05. The van der Waals surface area contributed by atoms with E-state index < -0.39 is 28.7 Å². The Morgan fingerprint density at radius 3 is 2.48 bits per heavy atom. The lowest BCUT2D eigenvalue weighted by Gasteiger charge is -2.26. The van der Waals surface area contributed by atoms with Crippen LogP contribution in [0.2, 0.25) is 5.02 Å². The van der Waals surface area contributed by atoms with E-state index in [0.717, 1.165) is 19.3 Å². The highest BCUT2D eigenvalue weighted by molar-refractivity contribution is 7.89. The standard InChI is InChI=1S/C20H20ClF3N2O4S/c21-15-7-8-18(30-13-20(22,23)24)17(12-15)25-19(27)14-5-4-6-16(11-14)31(28,29)26-9-2-1-3-10-26/h4-8,11-12H,1-3,9-10,13H2,(H,25,27). The highest BCUT2D eigenvalue weighted by atomic mass is 35.5. The van der Waals surface area contributed by atoms with Gasteiger partial charge in [0.2, 0.25) is 10.0 Å². The van der Waals surface area contributed by atoms with Gasteiger partial charge >= 0.3 is 6.18 Å². The fraction of sp³-hybridized carbons (Fsp3) is 0.350. The highest BCUT2D eigenvalue weighted by Crippen LogP contribution is 2.30. The van der Waals surface area contributed by atoms with Crippen molar-refractivity contribution in [2.75, 3.05) is 25.0 Å². The SMILES string of the molecule is O=C(Nc1cc(Cl)ccc1OCC(F)(F)F)c1cccc(S(=O)(=O)N2CCCCC2)c1. The van der Waals surface area contributed by atoms with E-state index in [4.69, 9.17) is 16.3 Å². The van der Waals surface area contributed by atoms with Crippen LogP contribution in [0.4, 0.5) is 18.9 Å². The summed E-state index contributed by atoms with van der Waals surface area (Å²) >= 11 is 5.89. The molecule has 1 aliphatic rings. The molecule has 0 unspecified atom stereocenters. The van der Waals surface area contributed by atoms with Crippen molar-refractivity contribution in [2.45, 2.75) is 30.3 Å². The first-order valence-corrected chi connectivity index (χ1v) is 11.3. The number of hydrogen-bond donors (Lipinski definition) is 1. The van der Waals surface area contributed by atoms with Crippen LogP contribution in [-0.2, 0) is 10.0 Å².